The SMILES string of the molecule is COC(=O)C(N)Cc1cccc2ncccc12. The van der Waals surface area contributed by atoms with Crippen LogP contribution in [0.3, 0.4) is 0 Å². The summed E-state index contributed by atoms with van der Waals surface area (Å²) in [6.07, 6.45) is 2.20. The Labute approximate surface area is 99.4 Å². The number of nitrogens with zero attached hydrogens (tertiary/aromatic N) is 1. The molecule has 0 aliphatic carbocycles. The molecule has 17 heavy (non-hydrogen) atoms. The lowest BCUT2D eigenvalue weighted by Gasteiger charge is -2.10. The third kappa shape index (κ3) is 2.42. The van der Waals surface area contributed by atoms with Gasteiger partial charge in [0.15, 0.2) is 0 Å². The van der Waals surface area contributed by atoms with E-state index in [1.807, 2.05) is 30.3 Å². The highest BCUT2D eigenvalue weighted by atomic mass is 16.5. The van der Waals surface area contributed by atoms with Gasteiger partial charge in [0.05, 0.1) is 12.6 Å². The summed E-state index contributed by atoms with van der Waals surface area (Å²) in [7, 11) is 1.34. The second kappa shape index (κ2) is 4.93. The molecule has 1 aromatic heterocycles. The Morgan fingerprint density at radius 2 is 2.24 bits per heavy atom. The molecule has 2 aromatic rings. The molecule has 1 heterocycles. The highest BCUT2D eigenvalue weighted by molar-refractivity contribution is 5.83. The van der Waals surface area contributed by atoms with Crippen molar-refractivity contribution in [2.24, 2.45) is 5.73 Å². The van der Waals surface area contributed by atoms with Gasteiger partial charge < -0.3 is 10.5 Å². The zero-order valence-corrected chi connectivity index (χ0v) is 9.59. The number of esters is 1. The lowest BCUT2D eigenvalue weighted by molar-refractivity contribution is -0.142. The van der Waals surface area contributed by atoms with Crippen molar-refractivity contribution in [3.8, 4) is 0 Å². The van der Waals surface area contributed by atoms with Gasteiger partial charge in [-0.1, -0.05) is 18.2 Å². The topological polar surface area (TPSA) is 65.2 Å². The summed E-state index contributed by atoms with van der Waals surface area (Å²) in [5.41, 5.74) is 7.67. The fourth-order valence-corrected chi connectivity index (χ4v) is 1.82. The number of aromatic nitrogens is 1. The minimum Gasteiger partial charge on any atom is -0.468 e. The molecule has 0 fully saturated rings. The number of benzene rings is 1. The zero-order chi connectivity index (χ0) is 12.3. The van der Waals surface area contributed by atoms with Crippen molar-refractivity contribution >= 4 is 16.9 Å². The molecular weight excluding hydrogens is 216 g/mol. The molecule has 2 N–H and O–H groups in total. The van der Waals surface area contributed by atoms with E-state index in [0.717, 1.165) is 16.5 Å². The van der Waals surface area contributed by atoms with Crippen LogP contribution in [0.4, 0.5) is 0 Å². The molecule has 88 valence electrons. The second-order valence-corrected chi connectivity index (χ2v) is 3.82. The van der Waals surface area contributed by atoms with E-state index < -0.39 is 12.0 Å². The molecule has 1 atom stereocenters. The van der Waals surface area contributed by atoms with E-state index in [4.69, 9.17) is 5.73 Å². The molecule has 0 spiro atoms. The van der Waals surface area contributed by atoms with Crippen molar-refractivity contribution in [1.29, 1.82) is 0 Å². The first-order valence-corrected chi connectivity index (χ1v) is 5.38. The maximum absolute atomic E-state index is 11.3. The monoisotopic (exact) mass is 230 g/mol. The van der Waals surface area contributed by atoms with Crippen molar-refractivity contribution < 1.29 is 9.53 Å². The highest BCUT2D eigenvalue weighted by Gasteiger charge is 2.15. The third-order valence-corrected chi connectivity index (χ3v) is 2.68. The molecule has 0 saturated carbocycles. The molecule has 2 rings (SSSR count). The average Bonchev–Trinajstić information content (AvgIpc) is 2.38. The summed E-state index contributed by atoms with van der Waals surface area (Å²) in [6.45, 7) is 0. The Kier molecular flexibility index (Phi) is 3.35. The Morgan fingerprint density at radius 3 is 3.00 bits per heavy atom. The molecule has 1 unspecified atom stereocenters. The number of hydrogen-bond donors (Lipinski definition) is 1. The molecule has 0 radical (unpaired) electrons. The first-order valence-electron chi connectivity index (χ1n) is 5.38. The summed E-state index contributed by atoms with van der Waals surface area (Å²) in [5.74, 6) is -0.397. The van der Waals surface area contributed by atoms with Crippen LogP contribution in [-0.4, -0.2) is 24.1 Å². The maximum Gasteiger partial charge on any atom is 0.322 e. The normalized spacial score (nSPS) is 12.4. The average molecular weight is 230 g/mol. The number of fused-ring (bicyclic) bond motifs is 1. The number of ether oxygens (including phenoxy) is 1. The van der Waals surface area contributed by atoms with Crippen molar-refractivity contribution in [2.45, 2.75) is 12.5 Å². The molecule has 1 aromatic carbocycles. The lowest BCUT2D eigenvalue weighted by atomic mass is 10.0. The van der Waals surface area contributed by atoms with Crippen LogP contribution in [0.2, 0.25) is 0 Å². The van der Waals surface area contributed by atoms with Gasteiger partial charge in [0.25, 0.3) is 0 Å². The van der Waals surface area contributed by atoms with Gasteiger partial charge in [-0.15, -0.1) is 0 Å². The number of carbonyl (C=O) groups excluding carboxylic acids is 1. The lowest BCUT2D eigenvalue weighted by Crippen LogP contribution is -2.33. The Morgan fingerprint density at radius 1 is 1.41 bits per heavy atom. The first-order chi connectivity index (χ1) is 8.22. The fraction of sp³-hybridized carbons (Fsp3) is 0.231. The number of pyridine rings is 1. The number of hydrogen-bond acceptors (Lipinski definition) is 4. The fourth-order valence-electron chi connectivity index (χ4n) is 1.82. The molecular formula is C13H14N2O2. The van der Waals surface area contributed by atoms with Crippen LogP contribution in [-0.2, 0) is 16.0 Å². The summed E-state index contributed by atoms with van der Waals surface area (Å²) in [4.78, 5) is 15.5. The molecule has 0 bridgehead atoms. The zero-order valence-electron chi connectivity index (χ0n) is 9.59. The van der Waals surface area contributed by atoms with Crippen LogP contribution < -0.4 is 5.73 Å². The predicted molar refractivity (Wildman–Crippen MR) is 65.4 cm³/mol. The third-order valence-electron chi connectivity index (χ3n) is 2.68. The molecule has 0 aliphatic rings. The minimum absolute atomic E-state index is 0.397. The Balaban J connectivity index is 2.33. The number of methoxy groups -OCH3 is 1. The van der Waals surface area contributed by atoms with E-state index in [9.17, 15) is 4.79 Å². The maximum atomic E-state index is 11.3. The second-order valence-electron chi connectivity index (χ2n) is 3.82. The first kappa shape index (κ1) is 11.5. The van der Waals surface area contributed by atoms with Crippen LogP contribution in [0, 0.1) is 0 Å². The highest BCUT2D eigenvalue weighted by Crippen LogP contribution is 2.17. The van der Waals surface area contributed by atoms with Gasteiger partial charge in [-0.3, -0.25) is 9.78 Å². The smallest absolute Gasteiger partial charge is 0.322 e. The van der Waals surface area contributed by atoms with Crippen LogP contribution in [0.25, 0.3) is 10.9 Å². The van der Waals surface area contributed by atoms with Gasteiger partial charge in [0, 0.05) is 11.6 Å². The number of nitrogens with two attached hydrogens (primary N) is 1. The van der Waals surface area contributed by atoms with Gasteiger partial charge in [-0.25, -0.2) is 0 Å². The largest absolute Gasteiger partial charge is 0.468 e. The van der Waals surface area contributed by atoms with E-state index in [1.54, 1.807) is 6.20 Å². The quantitative estimate of drug-likeness (QED) is 0.807. The van der Waals surface area contributed by atoms with Gasteiger partial charge in [0.1, 0.15) is 6.04 Å². The molecule has 0 aliphatic heterocycles. The van der Waals surface area contributed by atoms with Crippen LogP contribution >= 0.6 is 0 Å². The van der Waals surface area contributed by atoms with Crippen LogP contribution in [0.1, 0.15) is 5.56 Å². The van der Waals surface area contributed by atoms with Crippen molar-refractivity contribution in [1.82, 2.24) is 4.98 Å². The van der Waals surface area contributed by atoms with E-state index in [1.165, 1.54) is 7.11 Å². The molecule has 4 nitrogen and oxygen atoms in total. The van der Waals surface area contributed by atoms with Crippen molar-refractivity contribution in [3.63, 3.8) is 0 Å². The van der Waals surface area contributed by atoms with E-state index >= 15 is 0 Å². The van der Waals surface area contributed by atoms with Crippen molar-refractivity contribution in [3.05, 3.63) is 42.1 Å². The number of rotatable bonds is 3. The number of carbonyl (C=O) groups is 1. The van der Waals surface area contributed by atoms with Gasteiger partial charge >= 0.3 is 5.97 Å². The van der Waals surface area contributed by atoms with Gasteiger partial charge in [-0.05, 0) is 24.1 Å². The Bertz CT molecular complexity index is 534. The summed E-state index contributed by atoms with van der Waals surface area (Å²) in [5, 5.41) is 1.02. The molecule has 4 heteroatoms. The standard InChI is InChI=1S/C13H14N2O2/c1-17-13(16)11(14)8-9-4-2-6-12-10(9)5-3-7-15-12/h2-7,11H,8,14H2,1H3. The summed E-state index contributed by atoms with van der Waals surface area (Å²) < 4.78 is 4.62. The van der Waals surface area contributed by atoms with Gasteiger partial charge in [-0.2, -0.15) is 0 Å². The predicted octanol–water partition coefficient (Wildman–Crippen LogP) is 1.28. The van der Waals surface area contributed by atoms with Crippen LogP contribution in [0.15, 0.2) is 36.5 Å². The Hall–Kier alpha value is -1.94. The summed E-state index contributed by atoms with van der Waals surface area (Å²) >= 11 is 0. The summed E-state index contributed by atoms with van der Waals surface area (Å²) in [6, 6.07) is 9.01. The minimum atomic E-state index is -0.634. The van der Waals surface area contributed by atoms with Crippen LogP contribution in [0.5, 0.6) is 0 Å². The molecule has 0 amide bonds. The van der Waals surface area contributed by atoms with Crippen molar-refractivity contribution in [2.75, 3.05) is 7.11 Å². The van der Waals surface area contributed by atoms with E-state index in [-0.39, 0.29) is 0 Å². The molecule has 0 saturated heterocycles. The van der Waals surface area contributed by atoms with Gasteiger partial charge in [0.2, 0.25) is 0 Å². The van der Waals surface area contributed by atoms with E-state index in [2.05, 4.69) is 9.72 Å². The van der Waals surface area contributed by atoms with E-state index in [0.29, 0.717) is 6.42 Å².